The minimum atomic E-state index is 0.545. The molecule has 2 saturated heterocycles. The predicted molar refractivity (Wildman–Crippen MR) is 71.2 cm³/mol. The van der Waals surface area contributed by atoms with Gasteiger partial charge in [0.05, 0.1) is 13.2 Å². The van der Waals surface area contributed by atoms with E-state index in [4.69, 9.17) is 4.74 Å². The third-order valence-corrected chi connectivity index (χ3v) is 4.49. The molecule has 0 radical (unpaired) electrons. The Balaban J connectivity index is 1.82. The molecule has 0 aromatic rings. The number of nitrogens with one attached hydrogen (secondary N) is 1. The highest BCUT2D eigenvalue weighted by atomic mass is 16.5. The van der Waals surface area contributed by atoms with Gasteiger partial charge in [0.2, 0.25) is 0 Å². The van der Waals surface area contributed by atoms with Gasteiger partial charge in [0, 0.05) is 18.5 Å². The number of likely N-dealkylation sites (tertiary alicyclic amines) is 1. The number of likely N-dealkylation sites (N-methyl/N-ethyl adjacent to an activating group) is 1. The molecule has 2 fully saturated rings. The van der Waals surface area contributed by atoms with Gasteiger partial charge in [-0.05, 0) is 44.8 Å². The van der Waals surface area contributed by atoms with Gasteiger partial charge in [-0.3, -0.25) is 0 Å². The van der Waals surface area contributed by atoms with Crippen LogP contribution in [0.5, 0.6) is 0 Å². The molecule has 2 rings (SSSR count). The smallest absolute Gasteiger partial charge is 0.0623 e. The van der Waals surface area contributed by atoms with Crippen molar-refractivity contribution in [2.45, 2.75) is 39.2 Å². The van der Waals surface area contributed by atoms with Crippen molar-refractivity contribution in [1.82, 2.24) is 10.2 Å². The van der Waals surface area contributed by atoms with E-state index in [1.165, 1.54) is 38.9 Å². The summed E-state index contributed by atoms with van der Waals surface area (Å²) < 4.78 is 5.59. The summed E-state index contributed by atoms with van der Waals surface area (Å²) >= 11 is 0. The molecule has 0 amide bonds. The molecule has 3 nitrogen and oxygen atoms in total. The first-order chi connectivity index (χ1) is 8.11. The van der Waals surface area contributed by atoms with E-state index in [0.717, 1.165) is 13.2 Å². The molecule has 0 spiro atoms. The first kappa shape index (κ1) is 13.3. The lowest BCUT2D eigenvalue weighted by molar-refractivity contribution is 0.166. The molecule has 100 valence electrons. The fourth-order valence-corrected chi connectivity index (χ4v) is 3.09. The molecule has 0 aromatic carbocycles. The second-order valence-corrected chi connectivity index (χ2v) is 6.51. The van der Waals surface area contributed by atoms with Crippen LogP contribution in [0.25, 0.3) is 0 Å². The van der Waals surface area contributed by atoms with Crippen LogP contribution in [0.3, 0.4) is 0 Å². The summed E-state index contributed by atoms with van der Waals surface area (Å²) in [7, 11) is 2.05. The van der Waals surface area contributed by atoms with E-state index in [0.29, 0.717) is 17.4 Å². The van der Waals surface area contributed by atoms with Crippen LogP contribution in [0.4, 0.5) is 0 Å². The fourth-order valence-electron chi connectivity index (χ4n) is 3.09. The maximum atomic E-state index is 5.59. The first-order valence-electron chi connectivity index (χ1n) is 7.08. The van der Waals surface area contributed by atoms with Crippen molar-refractivity contribution in [3.63, 3.8) is 0 Å². The zero-order valence-electron chi connectivity index (χ0n) is 11.7. The molecular formula is C14H28N2O. The monoisotopic (exact) mass is 240 g/mol. The van der Waals surface area contributed by atoms with Crippen LogP contribution in [0.1, 0.15) is 33.1 Å². The molecule has 2 heterocycles. The average molecular weight is 240 g/mol. The van der Waals surface area contributed by atoms with Gasteiger partial charge in [-0.25, -0.2) is 0 Å². The largest absolute Gasteiger partial charge is 0.379 e. The Labute approximate surface area is 106 Å². The van der Waals surface area contributed by atoms with Crippen LogP contribution in [-0.4, -0.2) is 50.8 Å². The van der Waals surface area contributed by atoms with Crippen molar-refractivity contribution >= 4 is 0 Å². The Kier molecular flexibility index (Phi) is 4.45. The third-order valence-electron chi connectivity index (χ3n) is 4.49. The highest BCUT2D eigenvalue weighted by molar-refractivity contribution is 4.84. The van der Waals surface area contributed by atoms with Gasteiger partial charge in [-0.1, -0.05) is 13.8 Å². The van der Waals surface area contributed by atoms with E-state index in [2.05, 4.69) is 31.1 Å². The molecule has 0 aliphatic carbocycles. The molecule has 2 aliphatic heterocycles. The molecule has 3 heteroatoms. The number of hydrogen-bond acceptors (Lipinski definition) is 3. The topological polar surface area (TPSA) is 24.5 Å². The van der Waals surface area contributed by atoms with Crippen LogP contribution in [0.2, 0.25) is 0 Å². The van der Waals surface area contributed by atoms with Crippen LogP contribution in [0.15, 0.2) is 0 Å². The minimum Gasteiger partial charge on any atom is -0.379 e. The Hall–Kier alpha value is -0.120. The maximum Gasteiger partial charge on any atom is 0.0623 e. The summed E-state index contributed by atoms with van der Waals surface area (Å²) in [6.07, 6.45) is 4.07. The summed E-state index contributed by atoms with van der Waals surface area (Å²) in [4.78, 5) is 2.65. The van der Waals surface area contributed by atoms with Crippen molar-refractivity contribution in [3.8, 4) is 0 Å². The van der Waals surface area contributed by atoms with E-state index < -0.39 is 0 Å². The fraction of sp³-hybridized carbons (Fsp3) is 1.00. The molecule has 2 unspecified atom stereocenters. The van der Waals surface area contributed by atoms with Crippen molar-refractivity contribution in [2.24, 2.45) is 11.3 Å². The van der Waals surface area contributed by atoms with Gasteiger partial charge in [0.1, 0.15) is 0 Å². The predicted octanol–water partition coefficient (Wildman–Crippen LogP) is 1.73. The Bertz CT molecular complexity index is 242. The van der Waals surface area contributed by atoms with E-state index in [1.807, 2.05) is 0 Å². The van der Waals surface area contributed by atoms with E-state index in [1.54, 1.807) is 0 Å². The van der Waals surface area contributed by atoms with Crippen molar-refractivity contribution in [3.05, 3.63) is 0 Å². The highest BCUT2D eigenvalue weighted by Gasteiger charge is 2.30. The minimum absolute atomic E-state index is 0.545. The van der Waals surface area contributed by atoms with Gasteiger partial charge in [0.25, 0.3) is 0 Å². The first-order valence-corrected chi connectivity index (χ1v) is 7.08. The Morgan fingerprint density at radius 2 is 2.06 bits per heavy atom. The number of ether oxygens (including phenoxy) is 1. The summed E-state index contributed by atoms with van der Waals surface area (Å²) in [5.74, 6) is 0.682. The standard InChI is InChI=1S/C14H28N2O/c1-14(2)5-4-7-16(8-6-14)9-12-10-17-11-13(12)15-3/h12-13,15H,4-11H2,1-3H3. The van der Waals surface area contributed by atoms with Gasteiger partial charge in [-0.2, -0.15) is 0 Å². The van der Waals surface area contributed by atoms with Crippen molar-refractivity contribution in [1.29, 1.82) is 0 Å². The molecular weight excluding hydrogens is 212 g/mol. The zero-order chi connectivity index (χ0) is 12.3. The van der Waals surface area contributed by atoms with Crippen molar-refractivity contribution in [2.75, 3.05) is 39.9 Å². The Morgan fingerprint density at radius 1 is 1.24 bits per heavy atom. The van der Waals surface area contributed by atoms with Crippen LogP contribution >= 0.6 is 0 Å². The third kappa shape index (κ3) is 3.67. The molecule has 1 N–H and O–H groups in total. The maximum absolute atomic E-state index is 5.59. The summed E-state index contributed by atoms with van der Waals surface area (Å²) in [6, 6.07) is 0.561. The summed E-state index contributed by atoms with van der Waals surface area (Å²) in [6.45, 7) is 10.4. The molecule has 2 atom stereocenters. The lowest BCUT2D eigenvalue weighted by Gasteiger charge is -2.27. The zero-order valence-corrected chi connectivity index (χ0v) is 11.7. The van der Waals surface area contributed by atoms with Gasteiger partial charge >= 0.3 is 0 Å². The molecule has 17 heavy (non-hydrogen) atoms. The van der Waals surface area contributed by atoms with E-state index in [9.17, 15) is 0 Å². The van der Waals surface area contributed by atoms with Crippen molar-refractivity contribution < 1.29 is 4.74 Å². The van der Waals surface area contributed by atoms with Crippen LogP contribution in [0, 0.1) is 11.3 Å². The second kappa shape index (κ2) is 5.68. The molecule has 0 bridgehead atoms. The summed E-state index contributed by atoms with van der Waals surface area (Å²) in [5, 5.41) is 3.38. The molecule has 0 saturated carbocycles. The number of rotatable bonds is 3. The summed E-state index contributed by atoms with van der Waals surface area (Å²) in [5.41, 5.74) is 0.545. The molecule has 0 aromatic heterocycles. The highest BCUT2D eigenvalue weighted by Crippen LogP contribution is 2.30. The second-order valence-electron chi connectivity index (χ2n) is 6.51. The lowest BCUT2D eigenvalue weighted by Crippen LogP contribution is -2.40. The lowest BCUT2D eigenvalue weighted by atomic mass is 9.85. The van der Waals surface area contributed by atoms with Crippen LogP contribution in [-0.2, 0) is 4.74 Å². The van der Waals surface area contributed by atoms with Crippen LogP contribution < -0.4 is 5.32 Å². The Morgan fingerprint density at radius 3 is 2.82 bits per heavy atom. The van der Waals surface area contributed by atoms with Gasteiger partial charge < -0.3 is 15.0 Å². The van der Waals surface area contributed by atoms with E-state index >= 15 is 0 Å². The quantitative estimate of drug-likeness (QED) is 0.813. The normalized spacial score (nSPS) is 34.8. The number of nitrogens with zero attached hydrogens (tertiary/aromatic N) is 1. The molecule has 2 aliphatic rings. The van der Waals surface area contributed by atoms with Gasteiger partial charge in [-0.15, -0.1) is 0 Å². The SMILES string of the molecule is CNC1COCC1CN1CCCC(C)(C)CC1. The van der Waals surface area contributed by atoms with E-state index in [-0.39, 0.29) is 0 Å². The van der Waals surface area contributed by atoms with Gasteiger partial charge in [0.15, 0.2) is 0 Å². The number of hydrogen-bond donors (Lipinski definition) is 1. The average Bonchev–Trinajstić information content (AvgIpc) is 2.65.